The van der Waals surface area contributed by atoms with Gasteiger partial charge in [-0.2, -0.15) is 0 Å². The molecule has 0 radical (unpaired) electrons. The van der Waals surface area contributed by atoms with Gasteiger partial charge in [-0.3, -0.25) is 0 Å². The van der Waals surface area contributed by atoms with Gasteiger partial charge in [0.2, 0.25) is 0 Å². The Morgan fingerprint density at radius 1 is 0.812 bits per heavy atom. The summed E-state index contributed by atoms with van der Waals surface area (Å²) in [5.74, 6) is 0.936. The molecule has 16 heavy (non-hydrogen) atoms. The topological polar surface area (TPSA) is 3.24 Å². The highest BCUT2D eigenvalue weighted by Gasteiger charge is 2.02. The summed E-state index contributed by atoms with van der Waals surface area (Å²) in [5.41, 5.74) is 0. The predicted molar refractivity (Wildman–Crippen MR) is 74.9 cm³/mol. The van der Waals surface area contributed by atoms with Crippen molar-refractivity contribution in [1.82, 2.24) is 4.90 Å². The average Bonchev–Trinajstić information content (AvgIpc) is 2.22. The molecule has 0 aromatic heterocycles. The molecule has 1 atom stereocenters. The van der Waals surface area contributed by atoms with E-state index in [2.05, 4.69) is 32.8 Å². The minimum absolute atomic E-state index is 0.936. The molecule has 0 spiro atoms. The fourth-order valence-corrected chi connectivity index (χ4v) is 2.17. The van der Waals surface area contributed by atoms with Crippen LogP contribution < -0.4 is 0 Å². The summed E-state index contributed by atoms with van der Waals surface area (Å²) in [6, 6.07) is 0. The summed E-state index contributed by atoms with van der Waals surface area (Å²) >= 11 is 0. The van der Waals surface area contributed by atoms with Gasteiger partial charge in [-0.15, -0.1) is 0 Å². The van der Waals surface area contributed by atoms with Crippen LogP contribution in [0.5, 0.6) is 0 Å². The molecule has 0 heterocycles. The number of hydrogen-bond donors (Lipinski definition) is 0. The van der Waals surface area contributed by atoms with Gasteiger partial charge < -0.3 is 4.90 Å². The van der Waals surface area contributed by atoms with Crippen molar-refractivity contribution < 1.29 is 0 Å². The smallest absolute Gasteiger partial charge is 0.00247 e. The van der Waals surface area contributed by atoms with E-state index in [9.17, 15) is 0 Å². The van der Waals surface area contributed by atoms with Crippen LogP contribution in [-0.4, -0.2) is 25.5 Å². The number of unbranched alkanes of at least 4 members (excludes halogenated alkanes) is 5. The van der Waals surface area contributed by atoms with Crippen LogP contribution in [0.4, 0.5) is 0 Å². The number of rotatable bonds is 11. The standard InChI is InChI=1S/C15H33N/c1-5-6-7-8-9-10-12-15(2)13-11-14-16(3)4/h15H,5-14H2,1-4H3. The molecule has 1 unspecified atom stereocenters. The Labute approximate surface area is 104 Å². The number of nitrogens with zero attached hydrogens (tertiary/aromatic N) is 1. The summed E-state index contributed by atoms with van der Waals surface area (Å²) in [6.45, 7) is 5.95. The third kappa shape index (κ3) is 12.0. The molecule has 0 N–H and O–H groups in total. The van der Waals surface area contributed by atoms with Crippen molar-refractivity contribution in [2.24, 2.45) is 5.92 Å². The maximum Gasteiger partial charge on any atom is -0.00247 e. The van der Waals surface area contributed by atoms with Crippen molar-refractivity contribution in [3.05, 3.63) is 0 Å². The summed E-state index contributed by atoms with van der Waals surface area (Å²) in [6.07, 6.45) is 12.8. The second kappa shape index (κ2) is 11.4. The second-order valence-electron chi connectivity index (χ2n) is 5.61. The van der Waals surface area contributed by atoms with E-state index in [0.717, 1.165) is 5.92 Å². The molecule has 0 fully saturated rings. The molecule has 0 amide bonds. The molecular weight excluding hydrogens is 194 g/mol. The van der Waals surface area contributed by atoms with Crippen LogP contribution in [0.15, 0.2) is 0 Å². The van der Waals surface area contributed by atoms with Crippen LogP contribution in [0, 0.1) is 5.92 Å². The summed E-state index contributed by atoms with van der Waals surface area (Å²) in [4.78, 5) is 2.29. The van der Waals surface area contributed by atoms with Gasteiger partial charge in [0.05, 0.1) is 0 Å². The van der Waals surface area contributed by atoms with E-state index in [4.69, 9.17) is 0 Å². The SMILES string of the molecule is CCCCCCCCC(C)CCCN(C)C. The fourth-order valence-electron chi connectivity index (χ4n) is 2.17. The molecule has 0 aromatic rings. The van der Waals surface area contributed by atoms with Gasteiger partial charge >= 0.3 is 0 Å². The third-order valence-corrected chi connectivity index (χ3v) is 3.35. The van der Waals surface area contributed by atoms with Crippen LogP contribution >= 0.6 is 0 Å². The quantitative estimate of drug-likeness (QED) is 0.462. The first-order valence-electron chi connectivity index (χ1n) is 7.31. The monoisotopic (exact) mass is 227 g/mol. The van der Waals surface area contributed by atoms with E-state index in [-0.39, 0.29) is 0 Å². The first kappa shape index (κ1) is 16.0. The van der Waals surface area contributed by atoms with Crippen LogP contribution in [0.3, 0.4) is 0 Å². The van der Waals surface area contributed by atoms with E-state index >= 15 is 0 Å². The first-order chi connectivity index (χ1) is 7.66. The van der Waals surface area contributed by atoms with Crippen molar-refractivity contribution >= 4 is 0 Å². The van der Waals surface area contributed by atoms with Crippen LogP contribution in [0.2, 0.25) is 0 Å². The minimum Gasteiger partial charge on any atom is -0.309 e. The van der Waals surface area contributed by atoms with E-state index in [1.807, 2.05) is 0 Å². The molecule has 0 saturated heterocycles. The zero-order chi connectivity index (χ0) is 12.2. The molecule has 0 bridgehead atoms. The lowest BCUT2D eigenvalue weighted by molar-refractivity contribution is 0.361. The highest BCUT2D eigenvalue weighted by atomic mass is 15.0. The Bertz CT molecular complexity index is 131. The number of hydrogen-bond acceptors (Lipinski definition) is 1. The predicted octanol–water partition coefficient (Wildman–Crippen LogP) is 4.71. The van der Waals surface area contributed by atoms with Gasteiger partial charge in [-0.1, -0.05) is 58.8 Å². The average molecular weight is 227 g/mol. The molecule has 0 aliphatic heterocycles. The largest absolute Gasteiger partial charge is 0.309 e. The van der Waals surface area contributed by atoms with Crippen molar-refractivity contribution in [3.63, 3.8) is 0 Å². The van der Waals surface area contributed by atoms with Gasteiger partial charge in [0.25, 0.3) is 0 Å². The molecule has 1 nitrogen and oxygen atoms in total. The lowest BCUT2D eigenvalue weighted by Crippen LogP contribution is -2.13. The van der Waals surface area contributed by atoms with Crippen molar-refractivity contribution in [2.45, 2.75) is 71.6 Å². The maximum absolute atomic E-state index is 2.42. The highest BCUT2D eigenvalue weighted by molar-refractivity contribution is 4.56. The van der Waals surface area contributed by atoms with Crippen molar-refractivity contribution in [3.8, 4) is 0 Å². The zero-order valence-electron chi connectivity index (χ0n) is 12.1. The molecule has 0 aliphatic carbocycles. The minimum atomic E-state index is 0.936. The van der Waals surface area contributed by atoms with Crippen molar-refractivity contribution in [2.75, 3.05) is 20.6 Å². The Kier molecular flexibility index (Phi) is 11.4. The summed E-state index contributed by atoms with van der Waals surface area (Å²) < 4.78 is 0. The summed E-state index contributed by atoms with van der Waals surface area (Å²) in [7, 11) is 4.33. The molecule has 1 heteroatoms. The second-order valence-corrected chi connectivity index (χ2v) is 5.61. The first-order valence-corrected chi connectivity index (χ1v) is 7.31. The lowest BCUT2D eigenvalue weighted by atomic mass is 9.97. The van der Waals surface area contributed by atoms with Gasteiger partial charge in [0.1, 0.15) is 0 Å². The molecule has 0 saturated carbocycles. The van der Waals surface area contributed by atoms with E-state index in [0.29, 0.717) is 0 Å². The maximum atomic E-state index is 2.42. The highest BCUT2D eigenvalue weighted by Crippen LogP contribution is 2.16. The Morgan fingerprint density at radius 3 is 2.00 bits per heavy atom. The lowest BCUT2D eigenvalue weighted by Gasteiger charge is -2.13. The Morgan fingerprint density at radius 2 is 1.38 bits per heavy atom. The third-order valence-electron chi connectivity index (χ3n) is 3.35. The molecule has 98 valence electrons. The fraction of sp³-hybridized carbons (Fsp3) is 1.00. The van der Waals surface area contributed by atoms with Crippen LogP contribution in [-0.2, 0) is 0 Å². The molecule has 0 aliphatic rings. The van der Waals surface area contributed by atoms with E-state index < -0.39 is 0 Å². The van der Waals surface area contributed by atoms with E-state index in [1.54, 1.807) is 0 Å². The van der Waals surface area contributed by atoms with Crippen LogP contribution in [0.25, 0.3) is 0 Å². The van der Waals surface area contributed by atoms with Gasteiger partial charge in [-0.25, -0.2) is 0 Å². The summed E-state index contributed by atoms with van der Waals surface area (Å²) in [5, 5.41) is 0. The van der Waals surface area contributed by atoms with Gasteiger partial charge in [-0.05, 0) is 39.4 Å². The van der Waals surface area contributed by atoms with Crippen molar-refractivity contribution in [1.29, 1.82) is 0 Å². The van der Waals surface area contributed by atoms with E-state index in [1.165, 1.54) is 64.3 Å². The Hall–Kier alpha value is -0.0400. The molecule has 0 aromatic carbocycles. The zero-order valence-corrected chi connectivity index (χ0v) is 12.1. The van der Waals surface area contributed by atoms with Gasteiger partial charge in [0, 0.05) is 0 Å². The molecular formula is C15H33N. The normalized spacial score (nSPS) is 13.3. The Balaban J connectivity index is 3.14. The van der Waals surface area contributed by atoms with Crippen LogP contribution in [0.1, 0.15) is 71.6 Å². The molecule has 0 rings (SSSR count). The van der Waals surface area contributed by atoms with Gasteiger partial charge in [0.15, 0.2) is 0 Å².